The number of hydrogen-bond acceptors (Lipinski definition) is 4. The minimum atomic E-state index is -3.52. The molecule has 1 aromatic rings. The lowest BCUT2D eigenvalue weighted by molar-refractivity contribution is -0.135. The lowest BCUT2D eigenvalue weighted by Crippen LogP contribution is -2.38. The van der Waals surface area contributed by atoms with Crippen molar-refractivity contribution in [3.05, 3.63) is 39.8 Å². The Morgan fingerprint density at radius 3 is 2.59 bits per heavy atom. The molecule has 2 amide bonds. The summed E-state index contributed by atoms with van der Waals surface area (Å²) >= 11 is 9.55. The molecule has 1 saturated heterocycles. The number of nitrogens with zero attached hydrogens (tertiary/aromatic N) is 2. The monoisotopic (exact) mass is 494 g/mol. The van der Waals surface area contributed by atoms with Gasteiger partial charge in [0.1, 0.15) is 17.2 Å². The number of hydrogen-bond donors (Lipinski definition) is 2. The highest BCUT2D eigenvalue weighted by molar-refractivity contribution is 9.11. The van der Waals surface area contributed by atoms with Crippen molar-refractivity contribution in [3.8, 4) is 0 Å². The molecule has 2 aliphatic heterocycles. The summed E-state index contributed by atoms with van der Waals surface area (Å²) in [6.07, 6.45) is 0. The normalized spacial score (nSPS) is 25.2. The van der Waals surface area contributed by atoms with Gasteiger partial charge < -0.3 is 15.2 Å². The van der Waals surface area contributed by atoms with Gasteiger partial charge in [-0.15, -0.1) is 0 Å². The Bertz CT molecular complexity index is 892. The topological polar surface area (TPSA) is 64.7 Å². The molecule has 2 aliphatic rings. The largest absolute Gasteiger partial charge is 0.344 e. The van der Waals surface area contributed by atoms with Crippen LogP contribution in [-0.4, -0.2) is 47.9 Å². The third kappa shape index (κ3) is 3.97. The molecule has 158 valence electrons. The molecule has 1 aromatic carbocycles. The molecule has 0 aromatic heterocycles. The van der Waals surface area contributed by atoms with Gasteiger partial charge in [-0.3, -0.25) is 9.59 Å². The molecular weight excluding hydrogens is 477 g/mol. The third-order valence-corrected chi connectivity index (χ3v) is 6.44. The summed E-state index contributed by atoms with van der Waals surface area (Å²) in [7, 11) is 3.24. The van der Waals surface area contributed by atoms with Gasteiger partial charge in [0.15, 0.2) is 0 Å². The van der Waals surface area contributed by atoms with Crippen LogP contribution in [0.4, 0.5) is 18.9 Å². The minimum absolute atomic E-state index is 0.233. The van der Waals surface area contributed by atoms with Gasteiger partial charge in [0.25, 0.3) is 5.92 Å². The lowest BCUT2D eigenvalue weighted by Gasteiger charge is -2.25. The van der Waals surface area contributed by atoms with Crippen molar-refractivity contribution in [3.63, 3.8) is 0 Å². The van der Waals surface area contributed by atoms with Crippen LogP contribution in [0.3, 0.4) is 0 Å². The predicted molar refractivity (Wildman–Crippen MR) is 106 cm³/mol. The van der Waals surface area contributed by atoms with E-state index in [0.717, 1.165) is 6.07 Å². The zero-order chi connectivity index (χ0) is 21.7. The van der Waals surface area contributed by atoms with Crippen LogP contribution in [0.15, 0.2) is 28.4 Å². The highest BCUT2D eigenvalue weighted by Crippen LogP contribution is 2.40. The van der Waals surface area contributed by atoms with Crippen LogP contribution >= 0.6 is 27.5 Å². The number of likely N-dealkylation sites (tertiary alicyclic amines) is 1. The summed E-state index contributed by atoms with van der Waals surface area (Å²) in [5.74, 6) is -7.68. The summed E-state index contributed by atoms with van der Waals surface area (Å²) in [5.41, 5.74) is 1.69. The number of hydrazine groups is 1. The number of carbonyl (C=O) groups is 2. The second-order valence-corrected chi connectivity index (χ2v) is 8.42. The maximum absolute atomic E-state index is 14.0. The smallest absolute Gasteiger partial charge is 0.275 e. The molecule has 3 rings (SSSR count). The number of carbonyl (C=O) groups excluding carboxylic acids is 2. The summed E-state index contributed by atoms with van der Waals surface area (Å²) < 4.78 is 42.4. The van der Waals surface area contributed by atoms with Crippen molar-refractivity contribution in [2.24, 2.45) is 11.8 Å². The van der Waals surface area contributed by atoms with E-state index < -0.39 is 46.5 Å². The summed E-state index contributed by atoms with van der Waals surface area (Å²) in [6.45, 7) is 0.775. The first kappa shape index (κ1) is 21.9. The SMILES string of the molecule is CN1C[C@H](C2=C(Br)C(Cl)NN2C)[C@@H](C(=O)Nc2cccc(F)c2C(C)(F)F)C1=O. The zero-order valence-corrected chi connectivity index (χ0v) is 18.1. The van der Waals surface area contributed by atoms with E-state index in [4.69, 9.17) is 11.6 Å². The maximum Gasteiger partial charge on any atom is 0.275 e. The van der Waals surface area contributed by atoms with E-state index in [9.17, 15) is 22.8 Å². The van der Waals surface area contributed by atoms with Crippen LogP contribution in [0.25, 0.3) is 0 Å². The van der Waals surface area contributed by atoms with Crippen molar-refractivity contribution in [1.29, 1.82) is 0 Å². The van der Waals surface area contributed by atoms with Gasteiger partial charge in [0.05, 0.1) is 11.3 Å². The van der Waals surface area contributed by atoms with Crippen LogP contribution < -0.4 is 10.7 Å². The maximum atomic E-state index is 14.0. The van der Waals surface area contributed by atoms with Crippen molar-refractivity contribution in [1.82, 2.24) is 15.3 Å². The molecule has 6 nitrogen and oxygen atoms in total. The Labute approximate surface area is 179 Å². The van der Waals surface area contributed by atoms with E-state index in [2.05, 4.69) is 26.7 Å². The molecule has 2 N–H and O–H groups in total. The zero-order valence-electron chi connectivity index (χ0n) is 15.8. The molecule has 0 bridgehead atoms. The van der Waals surface area contributed by atoms with E-state index in [-0.39, 0.29) is 12.2 Å². The first-order valence-corrected chi connectivity index (χ1v) is 9.92. The summed E-state index contributed by atoms with van der Waals surface area (Å²) in [5, 5.41) is 3.95. The Morgan fingerprint density at radius 1 is 1.38 bits per heavy atom. The molecule has 1 fully saturated rings. The standard InChI is InChI=1S/C18H19BrClF3N4O2/c1-18(22,23)12-9(21)5-4-6-10(12)24-16(28)11-8(7-26(2)17(11)29)14-13(19)15(20)25-27(14)3/h4-6,8,11,15,25H,7H2,1-3H3,(H,24,28)/t8-,11-,15?/m0/s1. The second kappa shape index (κ2) is 7.81. The Kier molecular flexibility index (Phi) is 5.90. The van der Waals surface area contributed by atoms with Crippen LogP contribution in [0.5, 0.6) is 0 Å². The third-order valence-electron chi connectivity index (χ3n) is 4.99. The first-order valence-electron chi connectivity index (χ1n) is 8.69. The average Bonchev–Trinajstić information content (AvgIpc) is 3.01. The average molecular weight is 496 g/mol. The van der Waals surface area contributed by atoms with Gasteiger partial charge in [0, 0.05) is 43.7 Å². The first-order chi connectivity index (χ1) is 13.4. The molecule has 0 saturated carbocycles. The fourth-order valence-electron chi connectivity index (χ4n) is 3.74. The van der Waals surface area contributed by atoms with Crippen LogP contribution in [0.2, 0.25) is 0 Å². The van der Waals surface area contributed by atoms with Crippen LogP contribution in [0.1, 0.15) is 12.5 Å². The molecule has 3 atom stereocenters. The summed E-state index contributed by atoms with van der Waals surface area (Å²) in [4.78, 5) is 27.1. The van der Waals surface area contributed by atoms with E-state index in [1.807, 2.05) is 0 Å². The van der Waals surface area contributed by atoms with E-state index >= 15 is 0 Å². The lowest BCUT2D eigenvalue weighted by atomic mass is 9.90. The minimum Gasteiger partial charge on any atom is -0.344 e. The molecule has 0 spiro atoms. The van der Waals surface area contributed by atoms with E-state index in [0.29, 0.717) is 17.1 Å². The van der Waals surface area contributed by atoms with Gasteiger partial charge in [-0.25, -0.2) is 18.6 Å². The van der Waals surface area contributed by atoms with Gasteiger partial charge in [-0.1, -0.05) is 33.6 Å². The number of benzene rings is 1. The number of halogens is 5. The highest BCUT2D eigenvalue weighted by Gasteiger charge is 2.49. The van der Waals surface area contributed by atoms with Crippen molar-refractivity contribution >= 4 is 45.0 Å². The molecule has 11 heteroatoms. The Balaban J connectivity index is 1.96. The fourth-order valence-corrected chi connectivity index (χ4v) is 4.66. The van der Waals surface area contributed by atoms with E-state index in [1.165, 1.54) is 17.0 Å². The van der Waals surface area contributed by atoms with Gasteiger partial charge in [-0.2, -0.15) is 0 Å². The number of amides is 2. The van der Waals surface area contributed by atoms with Gasteiger partial charge >= 0.3 is 0 Å². The highest BCUT2D eigenvalue weighted by atomic mass is 79.9. The second-order valence-electron chi connectivity index (χ2n) is 7.13. The van der Waals surface area contributed by atoms with E-state index in [1.54, 1.807) is 19.1 Å². The van der Waals surface area contributed by atoms with Gasteiger partial charge in [0.2, 0.25) is 11.8 Å². The molecule has 29 heavy (non-hydrogen) atoms. The summed E-state index contributed by atoms with van der Waals surface area (Å²) in [6, 6.07) is 3.28. The van der Waals surface area contributed by atoms with Gasteiger partial charge in [-0.05, 0) is 12.1 Å². The Hall–Kier alpha value is -1.78. The molecule has 1 unspecified atom stereocenters. The number of anilines is 1. The Morgan fingerprint density at radius 2 is 2.03 bits per heavy atom. The number of nitrogens with one attached hydrogen (secondary N) is 2. The number of alkyl halides is 3. The molecule has 0 aliphatic carbocycles. The van der Waals surface area contributed by atoms with Crippen molar-refractivity contribution in [2.75, 3.05) is 26.0 Å². The molecular formula is C18H19BrClF3N4O2. The molecule has 0 radical (unpaired) electrons. The van der Waals surface area contributed by atoms with Crippen LogP contribution in [-0.2, 0) is 15.5 Å². The van der Waals surface area contributed by atoms with Crippen molar-refractivity contribution < 1.29 is 22.8 Å². The number of rotatable bonds is 4. The fraction of sp³-hybridized carbons (Fsp3) is 0.444. The predicted octanol–water partition coefficient (Wildman–Crippen LogP) is 3.20. The molecule has 2 heterocycles. The van der Waals surface area contributed by atoms with Crippen molar-refractivity contribution in [2.45, 2.75) is 18.3 Å². The quantitative estimate of drug-likeness (QED) is 0.383. The van der Waals surface area contributed by atoms with Crippen LogP contribution in [0, 0.1) is 17.7 Å².